The summed E-state index contributed by atoms with van der Waals surface area (Å²) in [5.74, 6) is -0.0355. The molecule has 1 aliphatic rings. The van der Waals surface area contributed by atoms with Crippen LogP contribution in [0.25, 0.3) is 0 Å². The fraction of sp³-hybridized carbons (Fsp3) is 0.500. The first-order valence-corrected chi connectivity index (χ1v) is 6.30. The first-order chi connectivity index (χ1) is 8.52. The Kier molecular flexibility index (Phi) is 3.68. The molecule has 18 heavy (non-hydrogen) atoms. The summed E-state index contributed by atoms with van der Waals surface area (Å²) in [7, 11) is 0. The molecule has 2 rings (SSSR count). The van der Waals surface area contributed by atoms with Gasteiger partial charge in [0.1, 0.15) is 6.04 Å². The number of amides is 1. The molecule has 0 bridgehead atoms. The summed E-state index contributed by atoms with van der Waals surface area (Å²) in [6.07, 6.45) is 0.174. The second kappa shape index (κ2) is 5.08. The number of para-hydroxylation sites is 1. The molecule has 1 atom stereocenters. The smallest absolute Gasteiger partial charge is 0.248 e. The maximum atomic E-state index is 12.1. The van der Waals surface area contributed by atoms with Crippen LogP contribution in [0.15, 0.2) is 18.2 Å². The third-order valence-corrected chi connectivity index (χ3v) is 3.17. The first kappa shape index (κ1) is 13.1. The van der Waals surface area contributed by atoms with Crippen molar-refractivity contribution >= 4 is 11.6 Å². The lowest BCUT2D eigenvalue weighted by Crippen LogP contribution is -2.35. The summed E-state index contributed by atoms with van der Waals surface area (Å²) in [5.41, 5.74) is 8.91. The number of ether oxygens (including phenoxy) is 1. The van der Waals surface area contributed by atoms with Crippen molar-refractivity contribution in [2.45, 2.75) is 32.9 Å². The van der Waals surface area contributed by atoms with Gasteiger partial charge in [-0.2, -0.15) is 0 Å². The zero-order valence-electron chi connectivity index (χ0n) is 11.1. The van der Waals surface area contributed by atoms with Crippen molar-refractivity contribution in [2.75, 3.05) is 18.1 Å². The number of carbonyl (C=O) groups excluding carboxylic acids is 1. The Balaban J connectivity index is 2.20. The van der Waals surface area contributed by atoms with Crippen LogP contribution in [-0.2, 0) is 9.53 Å². The second-order valence-electron chi connectivity index (χ2n) is 4.90. The molecule has 1 aromatic rings. The van der Waals surface area contributed by atoms with Crippen molar-refractivity contribution < 1.29 is 9.53 Å². The van der Waals surface area contributed by atoms with Crippen molar-refractivity contribution in [1.82, 2.24) is 0 Å². The molecule has 0 saturated heterocycles. The van der Waals surface area contributed by atoms with E-state index in [0.29, 0.717) is 13.2 Å². The van der Waals surface area contributed by atoms with E-state index in [1.807, 2.05) is 39.0 Å². The number of nitrogens with zero attached hydrogens (tertiary/aromatic N) is 1. The van der Waals surface area contributed by atoms with Crippen molar-refractivity contribution in [2.24, 2.45) is 5.73 Å². The van der Waals surface area contributed by atoms with Gasteiger partial charge in [-0.3, -0.25) is 4.79 Å². The van der Waals surface area contributed by atoms with E-state index in [2.05, 4.69) is 0 Å². The molecule has 1 aromatic carbocycles. The van der Waals surface area contributed by atoms with E-state index >= 15 is 0 Å². The minimum atomic E-state index is -0.529. The highest BCUT2D eigenvalue weighted by Crippen LogP contribution is 2.36. The standard InChI is InChI=1S/C14H20N2O2/c1-9(2)18-8-7-16-13-10(3)5-4-6-11(13)12(15)14(16)17/h4-6,9,12H,7-8,15H2,1-3H3. The van der Waals surface area contributed by atoms with E-state index in [1.165, 1.54) is 0 Å². The van der Waals surface area contributed by atoms with Crippen LogP contribution in [0.4, 0.5) is 5.69 Å². The van der Waals surface area contributed by atoms with Gasteiger partial charge in [-0.15, -0.1) is 0 Å². The topological polar surface area (TPSA) is 55.6 Å². The summed E-state index contributed by atoms with van der Waals surface area (Å²) < 4.78 is 5.51. The zero-order valence-corrected chi connectivity index (χ0v) is 11.1. The predicted octanol–water partition coefficient (Wildman–Crippen LogP) is 1.77. The maximum absolute atomic E-state index is 12.1. The second-order valence-corrected chi connectivity index (χ2v) is 4.90. The molecule has 0 fully saturated rings. The average molecular weight is 248 g/mol. The number of rotatable bonds is 4. The maximum Gasteiger partial charge on any atom is 0.248 e. The van der Waals surface area contributed by atoms with E-state index in [0.717, 1.165) is 16.8 Å². The van der Waals surface area contributed by atoms with Gasteiger partial charge in [-0.1, -0.05) is 18.2 Å². The highest BCUT2D eigenvalue weighted by Gasteiger charge is 2.35. The van der Waals surface area contributed by atoms with Gasteiger partial charge in [0.25, 0.3) is 0 Å². The van der Waals surface area contributed by atoms with Gasteiger partial charge < -0.3 is 15.4 Å². The van der Waals surface area contributed by atoms with Crippen molar-refractivity contribution in [3.05, 3.63) is 29.3 Å². The summed E-state index contributed by atoms with van der Waals surface area (Å²) in [5, 5.41) is 0. The summed E-state index contributed by atoms with van der Waals surface area (Å²) in [4.78, 5) is 13.9. The molecule has 0 aromatic heterocycles. The Hall–Kier alpha value is -1.39. The summed E-state index contributed by atoms with van der Waals surface area (Å²) >= 11 is 0. The lowest BCUT2D eigenvalue weighted by Gasteiger charge is -2.20. The molecule has 1 heterocycles. The van der Waals surface area contributed by atoms with Gasteiger partial charge in [-0.25, -0.2) is 0 Å². The number of hydrogen-bond donors (Lipinski definition) is 1. The minimum Gasteiger partial charge on any atom is -0.377 e. The highest BCUT2D eigenvalue weighted by atomic mass is 16.5. The van der Waals surface area contributed by atoms with Crippen molar-refractivity contribution in [1.29, 1.82) is 0 Å². The third kappa shape index (κ3) is 2.26. The van der Waals surface area contributed by atoms with Gasteiger partial charge in [-0.05, 0) is 26.3 Å². The van der Waals surface area contributed by atoms with Crippen LogP contribution in [-0.4, -0.2) is 25.2 Å². The van der Waals surface area contributed by atoms with E-state index < -0.39 is 6.04 Å². The van der Waals surface area contributed by atoms with Crippen molar-refractivity contribution in [3.8, 4) is 0 Å². The van der Waals surface area contributed by atoms with Crippen LogP contribution in [0, 0.1) is 6.92 Å². The minimum absolute atomic E-state index is 0.0355. The lowest BCUT2D eigenvalue weighted by atomic mass is 10.1. The number of anilines is 1. The average Bonchev–Trinajstić information content (AvgIpc) is 2.55. The number of benzene rings is 1. The number of hydrogen-bond acceptors (Lipinski definition) is 3. The molecule has 0 saturated carbocycles. The number of aryl methyl sites for hydroxylation is 1. The molecule has 4 nitrogen and oxygen atoms in total. The van der Waals surface area contributed by atoms with Crippen LogP contribution >= 0.6 is 0 Å². The molecule has 1 unspecified atom stereocenters. The Bertz CT molecular complexity index is 457. The quantitative estimate of drug-likeness (QED) is 0.883. The van der Waals surface area contributed by atoms with E-state index in [9.17, 15) is 4.79 Å². The molecule has 1 amide bonds. The fourth-order valence-corrected chi connectivity index (χ4v) is 2.31. The van der Waals surface area contributed by atoms with Gasteiger partial charge in [0.05, 0.1) is 18.4 Å². The van der Waals surface area contributed by atoms with Gasteiger partial charge in [0, 0.05) is 12.1 Å². The lowest BCUT2D eigenvalue weighted by molar-refractivity contribution is -0.119. The molecular formula is C14H20N2O2. The molecule has 2 N–H and O–H groups in total. The molecule has 98 valence electrons. The van der Waals surface area contributed by atoms with Crippen molar-refractivity contribution in [3.63, 3.8) is 0 Å². The molecule has 1 aliphatic heterocycles. The highest BCUT2D eigenvalue weighted by molar-refractivity contribution is 6.05. The monoisotopic (exact) mass is 248 g/mol. The number of fused-ring (bicyclic) bond motifs is 1. The van der Waals surface area contributed by atoms with E-state index in [4.69, 9.17) is 10.5 Å². The van der Waals surface area contributed by atoms with Crippen LogP contribution in [0.3, 0.4) is 0 Å². The predicted molar refractivity (Wildman–Crippen MR) is 71.5 cm³/mol. The van der Waals surface area contributed by atoms with Gasteiger partial charge >= 0.3 is 0 Å². The Labute approximate surface area is 108 Å². The van der Waals surface area contributed by atoms with Gasteiger partial charge in [0.15, 0.2) is 0 Å². The molecule has 0 radical (unpaired) electrons. The molecule has 0 spiro atoms. The Morgan fingerprint density at radius 2 is 2.17 bits per heavy atom. The van der Waals surface area contributed by atoms with Gasteiger partial charge in [0.2, 0.25) is 5.91 Å². The molecule has 4 heteroatoms. The molecular weight excluding hydrogens is 228 g/mol. The van der Waals surface area contributed by atoms with E-state index in [-0.39, 0.29) is 12.0 Å². The normalized spacial score (nSPS) is 18.6. The van der Waals surface area contributed by atoms with Crippen LogP contribution < -0.4 is 10.6 Å². The SMILES string of the molecule is Cc1cccc2c1N(CCOC(C)C)C(=O)C2N. The van der Waals surface area contributed by atoms with Crippen LogP contribution in [0.2, 0.25) is 0 Å². The van der Waals surface area contributed by atoms with Crippen LogP contribution in [0.1, 0.15) is 31.0 Å². The Morgan fingerprint density at radius 3 is 2.83 bits per heavy atom. The number of nitrogens with two attached hydrogens (primary N) is 1. The Morgan fingerprint density at radius 1 is 1.44 bits per heavy atom. The third-order valence-electron chi connectivity index (χ3n) is 3.17. The van der Waals surface area contributed by atoms with E-state index in [1.54, 1.807) is 4.90 Å². The summed E-state index contributed by atoms with van der Waals surface area (Å²) in [6, 6.07) is 5.34. The van der Waals surface area contributed by atoms with Crippen LogP contribution in [0.5, 0.6) is 0 Å². The zero-order chi connectivity index (χ0) is 13.3. The number of carbonyl (C=O) groups is 1. The summed E-state index contributed by atoms with van der Waals surface area (Å²) in [6.45, 7) is 7.06. The first-order valence-electron chi connectivity index (χ1n) is 6.30. The molecule has 0 aliphatic carbocycles. The fourth-order valence-electron chi connectivity index (χ4n) is 2.31. The largest absolute Gasteiger partial charge is 0.377 e.